The molecule has 0 heterocycles. The number of rotatable bonds is 8. The molecule has 0 spiro atoms. The van der Waals surface area contributed by atoms with Crippen molar-refractivity contribution in [3.05, 3.63) is 25.3 Å². The highest BCUT2D eigenvalue weighted by Crippen LogP contribution is 2.14. The Bertz CT molecular complexity index is 424. The van der Waals surface area contributed by atoms with Crippen LogP contribution in [0.1, 0.15) is 12.8 Å². The van der Waals surface area contributed by atoms with Crippen molar-refractivity contribution in [2.45, 2.75) is 12.8 Å². The summed E-state index contributed by atoms with van der Waals surface area (Å²) in [7, 11) is -4.89. The normalized spacial score (nSPS) is 12.3. The molecule has 7 nitrogen and oxygen atoms in total. The summed E-state index contributed by atoms with van der Waals surface area (Å²) < 4.78 is 37.5. The maximum atomic E-state index is 11.3. The number of carbonyl (C=O) groups is 2. The quantitative estimate of drug-likeness (QED) is 0.394. The van der Waals surface area contributed by atoms with Crippen LogP contribution in [0.4, 0.5) is 0 Å². The molecule has 1 N–H and O–H groups in total. The van der Waals surface area contributed by atoms with Crippen LogP contribution in [-0.4, -0.2) is 31.5 Å². The van der Waals surface area contributed by atoms with E-state index in [9.17, 15) is 18.0 Å². The highest BCUT2D eigenvalue weighted by Gasteiger charge is 2.26. The first kappa shape index (κ1) is 16.3. The van der Waals surface area contributed by atoms with E-state index in [1.54, 1.807) is 0 Å². The minimum Gasteiger partial charge on any atom is -0.461 e. The van der Waals surface area contributed by atoms with Crippen LogP contribution in [0.3, 0.4) is 0 Å². The fraction of sp³-hybridized carbons (Fsp3) is 0.400. The molecule has 0 aromatic heterocycles. The van der Waals surface area contributed by atoms with Crippen molar-refractivity contribution < 1.29 is 31.5 Å². The summed E-state index contributed by atoms with van der Waals surface area (Å²) in [6, 6.07) is 0. The molecule has 0 aromatic rings. The predicted octanol–water partition coefficient (Wildman–Crippen LogP) is 0.644. The van der Waals surface area contributed by atoms with Gasteiger partial charge in [-0.1, -0.05) is 18.7 Å². The Hall–Kier alpha value is -1.67. The number of allylic oxidation sites excluding steroid dienone is 1. The molecule has 8 heteroatoms. The Morgan fingerprint density at radius 2 is 1.89 bits per heavy atom. The van der Waals surface area contributed by atoms with Gasteiger partial charge < -0.3 is 8.92 Å². The average molecular weight is 278 g/mol. The fourth-order valence-corrected chi connectivity index (χ4v) is 1.39. The molecule has 18 heavy (non-hydrogen) atoms. The maximum Gasteiger partial charge on any atom is 0.448 e. The smallest absolute Gasteiger partial charge is 0.448 e. The molecular formula is C10H14O7S. The van der Waals surface area contributed by atoms with Gasteiger partial charge in [0.2, 0.25) is 0 Å². The van der Waals surface area contributed by atoms with Gasteiger partial charge in [0.05, 0.1) is 12.3 Å². The van der Waals surface area contributed by atoms with E-state index < -0.39 is 28.3 Å². The molecule has 1 unspecified atom stereocenters. The van der Waals surface area contributed by atoms with Gasteiger partial charge in [-0.15, -0.1) is 6.58 Å². The van der Waals surface area contributed by atoms with Crippen LogP contribution in [0.15, 0.2) is 25.3 Å². The first-order valence-electron chi connectivity index (χ1n) is 4.88. The topological polar surface area (TPSA) is 107 Å². The van der Waals surface area contributed by atoms with Crippen LogP contribution in [0.2, 0.25) is 0 Å². The van der Waals surface area contributed by atoms with Crippen LogP contribution in [0, 0.1) is 5.92 Å². The van der Waals surface area contributed by atoms with Gasteiger partial charge in [-0.2, -0.15) is 8.42 Å². The van der Waals surface area contributed by atoms with E-state index in [0.29, 0.717) is 0 Å². The lowest BCUT2D eigenvalue weighted by molar-refractivity contribution is -0.149. The van der Waals surface area contributed by atoms with Gasteiger partial charge in [-0.05, 0) is 6.42 Å². The van der Waals surface area contributed by atoms with E-state index in [1.165, 1.54) is 12.2 Å². The van der Waals surface area contributed by atoms with Gasteiger partial charge in [0, 0.05) is 0 Å². The standard InChI is InChI=1S/C10H14O7S/c1-3-5-8(7-9(11)16-6-4-2)10(12)17-18(13,14)15/h3-4,8H,1-2,5-7H2,(H,13,14,15). The number of esters is 1. The van der Waals surface area contributed by atoms with Crippen molar-refractivity contribution in [1.82, 2.24) is 0 Å². The monoisotopic (exact) mass is 278 g/mol. The fourth-order valence-electron chi connectivity index (χ4n) is 1.05. The summed E-state index contributed by atoms with van der Waals surface area (Å²) in [4.78, 5) is 22.6. The molecule has 0 rings (SSSR count). The zero-order valence-corrected chi connectivity index (χ0v) is 10.4. The molecule has 0 saturated carbocycles. The summed E-state index contributed by atoms with van der Waals surface area (Å²) in [5.41, 5.74) is 0. The lowest BCUT2D eigenvalue weighted by Gasteiger charge is -2.11. The largest absolute Gasteiger partial charge is 0.461 e. The third-order valence-electron chi connectivity index (χ3n) is 1.75. The highest BCUT2D eigenvalue weighted by atomic mass is 32.3. The molecule has 0 bridgehead atoms. The van der Waals surface area contributed by atoms with E-state index in [0.717, 1.165) is 0 Å². The third-order valence-corrected chi connectivity index (χ3v) is 2.12. The predicted molar refractivity (Wildman–Crippen MR) is 61.7 cm³/mol. The van der Waals surface area contributed by atoms with E-state index in [4.69, 9.17) is 4.55 Å². The van der Waals surface area contributed by atoms with Crippen molar-refractivity contribution in [1.29, 1.82) is 0 Å². The summed E-state index contributed by atoms with van der Waals surface area (Å²) in [6.45, 7) is 6.67. The lowest BCUT2D eigenvalue weighted by atomic mass is 10.0. The highest BCUT2D eigenvalue weighted by molar-refractivity contribution is 7.81. The summed E-state index contributed by atoms with van der Waals surface area (Å²) in [5, 5.41) is 0. The Morgan fingerprint density at radius 1 is 1.28 bits per heavy atom. The molecule has 0 aromatic carbocycles. The Morgan fingerprint density at radius 3 is 2.33 bits per heavy atom. The van der Waals surface area contributed by atoms with Crippen molar-refractivity contribution in [3.8, 4) is 0 Å². The molecule has 0 radical (unpaired) electrons. The Balaban J connectivity index is 4.55. The second-order valence-electron chi connectivity index (χ2n) is 3.23. The number of ether oxygens (including phenoxy) is 1. The van der Waals surface area contributed by atoms with Crippen LogP contribution in [0.5, 0.6) is 0 Å². The van der Waals surface area contributed by atoms with Crippen LogP contribution < -0.4 is 0 Å². The number of hydrogen-bond donors (Lipinski definition) is 1. The van der Waals surface area contributed by atoms with E-state index in [2.05, 4.69) is 22.1 Å². The molecular weight excluding hydrogens is 264 g/mol. The zero-order valence-electron chi connectivity index (χ0n) is 9.57. The third kappa shape index (κ3) is 7.58. The van der Waals surface area contributed by atoms with E-state index in [-0.39, 0.29) is 19.4 Å². The molecule has 0 amide bonds. The minimum atomic E-state index is -4.89. The summed E-state index contributed by atoms with van der Waals surface area (Å²) >= 11 is 0. The minimum absolute atomic E-state index is 0.0115. The maximum absolute atomic E-state index is 11.3. The molecule has 0 aliphatic heterocycles. The van der Waals surface area contributed by atoms with E-state index in [1.807, 2.05) is 0 Å². The van der Waals surface area contributed by atoms with Gasteiger partial charge in [0.25, 0.3) is 0 Å². The lowest BCUT2D eigenvalue weighted by Crippen LogP contribution is -2.24. The molecule has 0 fully saturated rings. The molecule has 0 saturated heterocycles. The number of carbonyl (C=O) groups excluding carboxylic acids is 2. The van der Waals surface area contributed by atoms with Crippen LogP contribution in [-0.2, 0) is 28.9 Å². The van der Waals surface area contributed by atoms with Gasteiger partial charge in [0.15, 0.2) is 0 Å². The summed E-state index contributed by atoms with van der Waals surface area (Å²) in [5.74, 6) is -3.04. The Kier molecular flexibility index (Phi) is 6.91. The average Bonchev–Trinajstić information content (AvgIpc) is 2.23. The van der Waals surface area contributed by atoms with Crippen LogP contribution >= 0.6 is 0 Å². The van der Waals surface area contributed by atoms with Gasteiger partial charge in [-0.3, -0.25) is 14.1 Å². The van der Waals surface area contributed by atoms with Gasteiger partial charge >= 0.3 is 22.3 Å². The van der Waals surface area contributed by atoms with Crippen molar-refractivity contribution in [3.63, 3.8) is 0 Å². The molecule has 0 aliphatic carbocycles. The Labute approximate surface area is 105 Å². The first-order valence-corrected chi connectivity index (χ1v) is 6.24. The molecule has 1 atom stereocenters. The number of hydrogen-bond acceptors (Lipinski definition) is 6. The van der Waals surface area contributed by atoms with Crippen molar-refractivity contribution in [2.75, 3.05) is 6.61 Å². The van der Waals surface area contributed by atoms with Gasteiger partial charge in [0.1, 0.15) is 6.61 Å². The molecule has 102 valence electrons. The first-order chi connectivity index (χ1) is 8.30. The van der Waals surface area contributed by atoms with Crippen molar-refractivity contribution in [2.24, 2.45) is 5.92 Å². The SMILES string of the molecule is C=CCOC(=O)CC(CC=C)C(=O)OS(=O)(=O)O. The van der Waals surface area contributed by atoms with Gasteiger partial charge in [-0.25, -0.2) is 0 Å². The van der Waals surface area contributed by atoms with E-state index >= 15 is 0 Å². The molecule has 0 aliphatic rings. The zero-order chi connectivity index (χ0) is 14.2. The summed E-state index contributed by atoms with van der Waals surface area (Å²) in [6.07, 6.45) is 2.29. The second-order valence-corrected chi connectivity index (χ2v) is 4.25. The van der Waals surface area contributed by atoms with Crippen LogP contribution in [0.25, 0.3) is 0 Å². The van der Waals surface area contributed by atoms with Crippen molar-refractivity contribution >= 4 is 22.3 Å². The second kappa shape index (κ2) is 7.62.